The Morgan fingerprint density at radius 2 is 1.89 bits per heavy atom. The molecule has 0 bridgehead atoms. The molecule has 0 aliphatic rings. The van der Waals surface area contributed by atoms with E-state index >= 15 is 0 Å². The Morgan fingerprint density at radius 3 is 2.47 bits per heavy atom. The van der Waals surface area contributed by atoms with Gasteiger partial charge in [0.2, 0.25) is 10.0 Å². The minimum Gasteiger partial charge on any atom is -0.309 e. The molecule has 0 saturated heterocycles. The lowest BCUT2D eigenvalue weighted by Gasteiger charge is -2.16. The average Bonchev–Trinajstić information content (AvgIpc) is 2.28. The van der Waals surface area contributed by atoms with Crippen molar-refractivity contribution in [3.05, 3.63) is 33.6 Å². The van der Waals surface area contributed by atoms with Gasteiger partial charge in [0.15, 0.2) is 0 Å². The second-order valence-electron chi connectivity index (χ2n) is 4.13. The summed E-state index contributed by atoms with van der Waals surface area (Å²) in [5.74, 6) is -0.538. The Balaban J connectivity index is 2.59. The Morgan fingerprint density at radius 1 is 1.26 bits per heavy atom. The number of hydrogen-bond donors (Lipinski definition) is 2. The van der Waals surface area contributed by atoms with Crippen molar-refractivity contribution in [1.82, 2.24) is 10.0 Å². The monoisotopic (exact) mass is 328 g/mol. The zero-order valence-corrected chi connectivity index (χ0v) is 12.8. The van der Waals surface area contributed by atoms with Crippen molar-refractivity contribution in [3.8, 4) is 0 Å². The highest BCUT2D eigenvalue weighted by Crippen LogP contribution is 2.28. The summed E-state index contributed by atoms with van der Waals surface area (Å²) in [4.78, 5) is 0. The standard InChI is InChI=1S/C11H15Cl2FN2O2S/c1-7(15-3-4-16-19(2,17)18)8-5-11(14)10(13)6-9(8)12/h5-7,15-16H,3-4H2,1-2H3/t7-/m0/s1. The molecule has 108 valence electrons. The van der Waals surface area contributed by atoms with E-state index in [1.165, 1.54) is 12.1 Å². The highest BCUT2D eigenvalue weighted by Gasteiger charge is 2.13. The van der Waals surface area contributed by atoms with Crippen LogP contribution in [0.1, 0.15) is 18.5 Å². The minimum atomic E-state index is -3.20. The Kier molecular flexibility index (Phi) is 6.01. The molecule has 0 radical (unpaired) electrons. The van der Waals surface area contributed by atoms with E-state index in [4.69, 9.17) is 23.2 Å². The highest BCUT2D eigenvalue weighted by atomic mass is 35.5. The molecule has 0 spiro atoms. The van der Waals surface area contributed by atoms with Crippen molar-refractivity contribution in [1.29, 1.82) is 0 Å². The second-order valence-corrected chi connectivity index (χ2v) is 6.78. The fraction of sp³-hybridized carbons (Fsp3) is 0.455. The van der Waals surface area contributed by atoms with E-state index in [1.807, 2.05) is 0 Å². The first-order valence-electron chi connectivity index (χ1n) is 5.53. The molecule has 1 rings (SSSR count). The molecular formula is C11H15Cl2FN2O2S. The Bertz CT molecular complexity index is 552. The summed E-state index contributed by atoms with van der Waals surface area (Å²) in [6.45, 7) is 2.45. The molecule has 0 amide bonds. The van der Waals surface area contributed by atoms with E-state index in [0.29, 0.717) is 17.1 Å². The second kappa shape index (κ2) is 6.85. The van der Waals surface area contributed by atoms with Crippen molar-refractivity contribution in [2.75, 3.05) is 19.3 Å². The molecule has 2 N–H and O–H groups in total. The Hall–Kier alpha value is -0.400. The molecule has 0 heterocycles. The molecule has 0 aliphatic heterocycles. The first-order valence-corrected chi connectivity index (χ1v) is 8.18. The van der Waals surface area contributed by atoms with Crippen LogP contribution in [-0.4, -0.2) is 27.8 Å². The number of halogens is 3. The van der Waals surface area contributed by atoms with E-state index in [0.717, 1.165) is 6.26 Å². The topological polar surface area (TPSA) is 58.2 Å². The fourth-order valence-electron chi connectivity index (χ4n) is 1.50. The third-order valence-electron chi connectivity index (χ3n) is 2.45. The number of hydrogen-bond acceptors (Lipinski definition) is 3. The first-order chi connectivity index (χ1) is 8.70. The van der Waals surface area contributed by atoms with Crippen molar-refractivity contribution in [3.63, 3.8) is 0 Å². The summed E-state index contributed by atoms with van der Waals surface area (Å²) in [6, 6.07) is 2.40. The van der Waals surface area contributed by atoms with Gasteiger partial charge in [0.25, 0.3) is 0 Å². The molecule has 1 aromatic carbocycles. The highest BCUT2D eigenvalue weighted by molar-refractivity contribution is 7.88. The van der Waals surface area contributed by atoms with Crippen LogP contribution in [-0.2, 0) is 10.0 Å². The van der Waals surface area contributed by atoms with Crippen LogP contribution < -0.4 is 10.0 Å². The lowest BCUT2D eigenvalue weighted by atomic mass is 10.1. The van der Waals surface area contributed by atoms with Crippen LogP contribution >= 0.6 is 23.2 Å². The summed E-state index contributed by atoms with van der Waals surface area (Å²) < 4.78 is 37.4. The number of sulfonamides is 1. The maximum Gasteiger partial charge on any atom is 0.208 e. The maximum absolute atomic E-state index is 13.4. The van der Waals surface area contributed by atoms with Crippen molar-refractivity contribution < 1.29 is 12.8 Å². The zero-order chi connectivity index (χ0) is 14.6. The normalized spacial score (nSPS) is 13.5. The van der Waals surface area contributed by atoms with Gasteiger partial charge in [-0.15, -0.1) is 0 Å². The predicted molar refractivity (Wildman–Crippen MR) is 75.7 cm³/mol. The third kappa shape index (κ3) is 5.62. The Labute approximate surface area is 122 Å². The summed E-state index contributed by atoms with van der Waals surface area (Å²) in [5.41, 5.74) is 0.572. The molecule has 0 saturated carbocycles. The van der Waals surface area contributed by atoms with Crippen LogP contribution in [0.15, 0.2) is 12.1 Å². The van der Waals surface area contributed by atoms with E-state index in [9.17, 15) is 12.8 Å². The van der Waals surface area contributed by atoms with Crippen LogP contribution in [0.4, 0.5) is 4.39 Å². The fourth-order valence-corrected chi connectivity index (χ4v) is 2.52. The van der Waals surface area contributed by atoms with Crippen molar-refractivity contribution in [2.45, 2.75) is 13.0 Å². The molecule has 8 heteroatoms. The summed E-state index contributed by atoms with van der Waals surface area (Å²) >= 11 is 11.6. The summed E-state index contributed by atoms with van der Waals surface area (Å²) in [7, 11) is -3.20. The number of nitrogens with one attached hydrogen (secondary N) is 2. The lowest BCUT2D eigenvalue weighted by Crippen LogP contribution is -2.32. The van der Waals surface area contributed by atoms with Gasteiger partial charge in [0.05, 0.1) is 11.3 Å². The van der Waals surface area contributed by atoms with Gasteiger partial charge in [-0.25, -0.2) is 17.5 Å². The van der Waals surface area contributed by atoms with Crippen LogP contribution in [0, 0.1) is 5.82 Å². The van der Waals surface area contributed by atoms with Gasteiger partial charge < -0.3 is 5.32 Å². The van der Waals surface area contributed by atoms with Crippen LogP contribution in [0.25, 0.3) is 0 Å². The first kappa shape index (κ1) is 16.7. The zero-order valence-electron chi connectivity index (χ0n) is 10.5. The maximum atomic E-state index is 13.4. The summed E-state index contributed by atoms with van der Waals surface area (Å²) in [5, 5.41) is 3.37. The minimum absolute atomic E-state index is 0.0281. The summed E-state index contributed by atoms with van der Waals surface area (Å²) in [6.07, 6.45) is 1.09. The molecule has 0 aromatic heterocycles. The molecule has 0 unspecified atom stereocenters. The third-order valence-corrected chi connectivity index (χ3v) is 3.79. The molecule has 4 nitrogen and oxygen atoms in total. The lowest BCUT2D eigenvalue weighted by molar-refractivity contribution is 0.552. The SMILES string of the molecule is C[C@H](NCCNS(C)(=O)=O)c1cc(F)c(Cl)cc1Cl. The van der Waals surface area contributed by atoms with E-state index < -0.39 is 15.8 Å². The van der Waals surface area contributed by atoms with Gasteiger partial charge >= 0.3 is 0 Å². The molecular weight excluding hydrogens is 314 g/mol. The van der Waals surface area contributed by atoms with Crippen LogP contribution in [0.2, 0.25) is 10.0 Å². The molecule has 0 fully saturated rings. The van der Waals surface area contributed by atoms with E-state index in [1.54, 1.807) is 6.92 Å². The van der Waals surface area contributed by atoms with Gasteiger partial charge in [-0.2, -0.15) is 0 Å². The van der Waals surface area contributed by atoms with Gasteiger partial charge in [-0.05, 0) is 24.6 Å². The molecule has 1 atom stereocenters. The predicted octanol–water partition coefficient (Wildman–Crippen LogP) is 2.33. The van der Waals surface area contributed by atoms with Crippen LogP contribution in [0.3, 0.4) is 0 Å². The quantitative estimate of drug-likeness (QED) is 0.622. The van der Waals surface area contributed by atoms with Gasteiger partial charge in [0, 0.05) is 24.2 Å². The number of benzene rings is 1. The van der Waals surface area contributed by atoms with Crippen LogP contribution in [0.5, 0.6) is 0 Å². The van der Waals surface area contributed by atoms with E-state index in [-0.39, 0.29) is 17.6 Å². The van der Waals surface area contributed by atoms with E-state index in [2.05, 4.69) is 10.0 Å². The van der Waals surface area contributed by atoms with Crippen molar-refractivity contribution in [2.24, 2.45) is 0 Å². The molecule has 1 aromatic rings. The van der Waals surface area contributed by atoms with Gasteiger partial charge in [-0.1, -0.05) is 23.2 Å². The average molecular weight is 329 g/mol. The largest absolute Gasteiger partial charge is 0.309 e. The molecule has 0 aliphatic carbocycles. The van der Waals surface area contributed by atoms with Crippen molar-refractivity contribution >= 4 is 33.2 Å². The van der Waals surface area contributed by atoms with Gasteiger partial charge in [-0.3, -0.25) is 0 Å². The number of rotatable bonds is 6. The molecule has 19 heavy (non-hydrogen) atoms. The smallest absolute Gasteiger partial charge is 0.208 e. The van der Waals surface area contributed by atoms with Gasteiger partial charge in [0.1, 0.15) is 5.82 Å².